The van der Waals surface area contributed by atoms with Gasteiger partial charge in [-0.25, -0.2) is 4.79 Å². The van der Waals surface area contributed by atoms with E-state index >= 15 is 0 Å². The van der Waals surface area contributed by atoms with Crippen LogP contribution in [0.25, 0.3) is 0 Å². The first-order valence-corrected chi connectivity index (χ1v) is 11.6. The van der Waals surface area contributed by atoms with Crippen LogP contribution in [0.2, 0.25) is 0 Å². The van der Waals surface area contributed by atoms with Gasteiger partial charge in [0.2, 0.25) is 0 Å². The highest BCUT2D eigenvalue weighted by Gasteiger charge is 2.41. The average molecular weight is 494 g/mol. The second-order valence-corrected chi connectivity index (χ2v) is 8.74. The zero-order valence-corrected chi connectivity index (χ0v) is 21.4. The number of ether oxygens (including phenoxy) is 5. The highest BCUT2D eigenvalue weighted by Crippen LogP contribution is 2.47. The molecule has 0 saturated carbocycles. The van der Waals surface area contributed by atoms with E-state index in [2.05, 4.69) is 5.32 Å². The minimum Gasteiger partial charge on any atom is -0.493 e. The Hall–Kier alpha value is -3.94. The number of hydrogen-bond donors (Lipinski definition) is 1. The third kappa shape index (κ3) is 4.39. The van der Waals surface area contributed by atoms with Gasteiger partial charge in [-0.1, -0.05) is 12.1 Å². The number of Topliss-reactive ketones (excluding diaryl/α,β-unsaturated/α-hetero) is 1. The summed E-state index contributed by atoms with van der Waals surface area (Å²) in [5.74, 6) is 1.17. The Labute approximate surface area is 210 Å². The molecule has 0 aromatic heterocycles. The fourth-order valence-electron chi connectivity index (χ4n) is 5.13. The SMILES string of the molecule is COC(=O)C1=C(C)NC2=C(C(=O)C[C@@H](c3ccc(OC)c(OC)c3)C2)[C@@H]1c1ccc(OC)c(OC)c1. The van der Waals surface area contributed by atoms with E-state index in [0.29, 0.717) is 52.7 Å². The van der Waals surface area contributed by atoms with Crippen molar-refractivity contribution in [1.29, 1.82) is 0 Å². The van der Waals surface area contributed by atoms with Gasteiger partial charge in [0.15, 0.2) is 28.8 Å². The number of ketones is 1. The summed E-state index contributed by atoms with van der Waals surface area (Å²) in [7, 11) is 7.64. The molecule has 1 aliphatic carbocycles. The van der Waals surface area contributed by atoms with Gasteiger partial charge in [-0.15, -0.1) is 0 Å². The van der Waals surface area contributed by atoms with Crippen LogP contribution in [0.1, 0.15) is 42.7 Å². The summed E-state index contributed by atoms with van der Waals surface area (Å²) in [6, 6.07) is 11.2. The molecule has 2 atom stereocenters. The number of allylic oxidation sites excluding steroid dienone is 3. The Morgan fingerprint density at radius 3 is 1.92 bits per heavy atom. The molecular weight excluding hydrogens is 462 g/mol. The van der Waals surface area contributed by atoms with Crippen molar-refractivity contribution in [3.05, 3.63) is 70.1 Å². The van der Waals surface area contributed by atoms with Gasteiger partial charge >= 0.3 is 5.97 Å². The first-order chi connectivity index (χ1) is 17.4. The first kappa shape index (κ1) is 25.2. The van der Waals surface area contributed by atoms with Crippen molar-refractivity contribution in [3.63, 3.8) is 0 Å². The van der Waals surface area contributed by atoms with Gasteiger partial charge < -0.3 is 29.0 Å². The summed E-state index contributed by atoms with van der Waals surface area (Å²) in [5.41, 5.74) is 4.17. The molecule has 1 aliphatic heterocycles. The van der Waals surface area contributed by atoms with Crippen molar-refractivity contribution in [2.75, 3.05) is 35.5 Å². The zero-order chi connectivity index (χ0) is 26.0. The second-order valence-electron chi connectivity index (χ2n) is 8.74. The maximum absolute atomic E-state index is 13.7. The first-order valence-electron chi connectivity index (χ1n) is 11.6. The van der Waals surface area contributed by atoms with Crippen molar-refractivity contribution in [2.45, 2.75) is 31.6 Å². The third-order valence-corrected chi connectivity index (χ3v) is 6.85. The third-order valence-electron chi connectivity index (χ3n) is 6.85. The van der Waals surface area contributed by atoms with E-state index in [-0.39, 0.29) is 11.7 Å². The van der Waals surface area contributed by atoms with Gasteiger partial charge in [-0.2, -0.15) is 0 Å². The lowest BCUT2D eigenvalue weighted by Gasteiger charge is -2.36. The van der Waals surface area contributed by atoms with Crippen molar-refractivity contribution >= 4 is 11.8 Å². The molecule has 4 rings (SSSR count). The van der Waals surface area contributed by atoms with Crippen LogP contribution in [0, 0.1) is 0 Å². The van der Waals surface area contributed by atoms with E-state index in [0.717, 1.165) is 16.8 Å². The van der Waals surface area contributed by atoms with Crippen molar-refractivity contribution in [1.82, 2.24) is 5.32 Å². The maximum Gasteiger partial charge on any atom is 0.336 e. The molecule has 2 aliphatic rings. The molecule has 0 bridgehead atoms. The molecule has 0 saturated heterocycles. The number of nitrogens with one attached hydrogen (secondary N) is 1. The molecule has 0 fully saturated rings. The van der Waals surface area contributed by atoms with Crippen LogP contribution < -0.4 is 24.3 Å². The molecule has 0 radical (unpaired) electrons. The summed E-state index contributed by atoms with van der Waals surface area (Å²) in [6.07, 6.45) is 0.902. The molecule has 0 unspecified atom stereocenters. The quantitative estimate of drug-likeness (QED) is 0.572. The lowest BCUT2D eigenvalue weighted by atomic mass is 9.71. The Kier molecular flexibility index (Phi) is 7.24. The van der Waals surface area contributed by atoms with E-state index in [4.69, 9.17) is 23.7 Å². The Morgan fingerprint density at radius 1 is 0.806 bits per heavy atom. The molecule has 36 heavy (non-hydrogen) atoms. The predicted molar refractivity (Wildman–Crippen MR) is 134 cm³/mol. The number of hydrogen-bond acceptors (Lipinski definition) is 8. The number of rotatable bonds is 7. The largest absolute Gasteiger partial charge is 0.493 e. The predicted octanol–water partition coefficient (Wildman–Crippen LogP) is 4.26. The highest BCUT2D eigenvalue weighted by atomic mass is 16.5. The van der Waals surface area contributed by atoms with Crippen LogP contribution in [0.4, 0.5) is 0 Å². The standard InChI is InChI=1S/C28H31NO7/c1-15-25(28(31)36-6)26(17-8-10-22(33-3)24(14-17)35-5)27-19(29-15)11-18(12-20(27)30)16-7-9-21(32-2)23(13-16)34-4/h7-10,13-14,18,26,29H,11-12H2,1-6H3/t18-,26+/m0/s1. The number of esters is 1. The molecule has 1 heterocycles. The van der Waals surface area contributed by atoms with Gasteiger partial charge in [-0.05, 0) is 54.7 Å². The molecule has 1 N–H and O–H groups in total. The highest BCUT2D eigenvalue weighted by molar-refractivity contribution is 6.04. The molecule has 8 heteroatoms. The minimum absolute atomic E-state index is 0.0303. The number of benzene rings is 2. The van der Waals surface area contributed by atoms with Crippen LogP contribution in [0.3, 0.4) is 0 Å². The Bertz CT molecular complexity index is 1260. The van der Waals surface area contributed by atoms with Crippen LogP contribution in [-0.4, -0.2) is 47.3 Å². The van der Waals surface area contributed by atoms with E-state index in [1.54, 1.807) is 34.5 Å². The van der Waals surface area contributed by atoms with E-state index < -0.39 is 11.9 Å². The summed E-state index contributed by atoms with van der Waals surface area (Å²) in [5, 5.41) is 3.34. The molecule has 2 aromatic carbocycles. The molecule has 0 amide bonds. The maximum atomic E-state index is 13.7. The summed E-state index contributed by atoms with van der Waals surface area (Å²) in [6.45, 7) is 1.83. The molecule has 0 spiro atoms. The second kappa shape index (κ2) is 10.4. The molecular formula is C28H31NO7. The minimum atomic E-state index is -0.590. The van der Waals surface area contributed by atoms with Gasteiger partial charge in [0, 0.05) is 29.3 Å². The van der Waals surface area contributed by atoms with Crippen molar-refractivity contribution in [3.8, 4) is 23.0 Å². The van der Waals surface area contributed by atoms with E-state index in [9.17, 15) is 9.59 Å². The van der Waals surface area contributed by atoms with Crippen molar-refractivity contribution in [2.24, 2.45) is 0 Å². The Morgan fingerprint density at radius 2 is 1.36 bits per heavy atom. The smallest absolute Gasteiger partial charge is 0.336 e. The topological polar surface area (TPSA) is 92.3 Å². The summed E-state index contributed by atoms with van der Waals surface area (Å²) < 4.78 is 26.8. The number of carbonyl (C=O) groups is 2. The van der Waals surface area contributed by atoms with E-state index in [1.165, 1.54) is 7.11 Å². The number of dihydropyridines is 1. The lowest BCUT2D eigenvalue weighted by molar-refractivity contribution is -0.136. The van der Waals surface area contributed by atoms with E-state index in [1.807, 2.05) is 37.3 Å². The van der Waals surface area contributed by atoms with Crippen molar-refractivity contribution < 1.29 is 33.3 Å². The monoisotopic (exact) mass is 493 g/mol. The van der Waals surface area contributed by atoms with Crippen LogP contribution >= 0.6 is 0 Å². The van der Waals surface area contributed by atoms with Crippen LogP contribution in [0.5, 0.6) is 23.0 Å². The number of carbonyl (C=O) groups excluding carboxylic acids is 2. The van der Waals surface area contributed by atoms with Gasteiger partial charge in [0.25, 0.3) is 0 Å². The average Bonchev–Trinajstić information content (AvgIpc) is 2.90. The lowest BCUT2D eigenvalue weighted by Crippen LogP contribution is -2.36. The summed E-state index contributed by atoms with van der Waals surface area (Å²) >= 11 is 0. The molecule has 8 nitrogen and oxygen atoms in total. The van der Waals surface area contributed by atoms with Gasteiger partial charge in [0.1, 0.15) is 0 Å². The summed E-state index contributed by atoms with van der Waals surface area (Å²) in [4.78, 5) is 26.6. The normalized spacial score (nSPS) is 19.3. The Balaban J connectivity index is 1.80. The van der Waals surface area contributed by atoms with Crippen LogP contribution in [-0.2, 0) is 14.3 Å². The fourth-order valence-corrected chi connectivity index (χ4v) is 5.13. The molecule has 2 aromatic rings. The van der Waals surface area contributed by atoms with Gasteiger partial charge in [0.05, 0.1) is 41.1 Å². The van der Waals surface area contributed by atoms with Crippen LogP contribution in [0.15, 0.2) is 58.9 Å². The fraction of sp³-hybridized carbons (Fsp3) is 0.357. The number of methoxy groups -OCH3 is 5. The molecule has 190 valence electrons. The zero-order valence-electron chi connectivity index (χ0n) is 21.4. The van der Waals surface area contributed by atoms with Gasteiger partial charge in [-0.3, -0.25) is 4.79 Å².